The molecule has 4 nitrogen and oxygen atoms in total. The zero-order valence-corrected chi connectivity index (χ0v) is 9.25. The molecule has 0 unspecified atom stereocenters. The maximum atomic E-state index is 12.9. The van der Waals surface area contributed by atoms with Gasteiger partial charge in [-0.2, -0.15) is 0 Å². The summed E-state index contributed by atoms with van der Waals surface area (Å²) < 4.78 is 14.5. The summed E-state index contributed by atoms with van der Waals surface area (Å²) in [6.07, 6.45) is 4.04. The minimum absolute atomic E-state index is 0.326. The average Bonchev–Trinajstić information content (AvgIpc) is 2.78. The van der Waals surface area contributed by atoms with Crippen LogP contribution in [0.25, 0.3) is 17.0 Å². The van der Waals surface area contributed by atoms with E-state index in [-0.39, 0.29) is 5.82 Å². The quantitative estimate of drug-likeness (QED) is 0.647. The number of imidazole rings is 1. The van der Waals surface area contributed by atoms with Crippen LogP contribution in [0, 0.1) is 5.82 Å². The summed E-state index contributed by atoms with van der Waals surface area (Å²) in [7, 11) is 0. The summed E-state index contributed by atoms with van der Waals surface area (Å²) >= 11 is 0. The third kappa shape index (κ3) is 1.57. The standard InChI is InChI=1S/C13H8FN3O/c14-10-4-2-9(3-5-10)12-11(8-18)17-7-1-6-15-13(17)16-12/h1-8H. The highest BCUT2D eigenvalue weighted by atomic mass is 19.1. The van der Waals surface area contributed by atoms with Crippen LogP contribution in [0.5, 0.6) is 0 Å². The van der Waals surface area contributed by atoms with Crippen molar-refractivity contribution in [2.75, 3.05) is 0 Å². The van der Waals surface area contributed by atoms with Crippen LogP contribution >= 0.6 is 0 Å². The molecule has 3 aromatic rings. The monoisotopic (exact) mass is 241 g/mol. The molecule has 0 fully saturated rings. The molecule has 0 aliphatic rings. The lowest BCUT2D eigenvalue weighted by Gasteiger charge is -1.98. The van der Waals surface area contributed by atoms with E-state index in [9.17, 15) is 9.18 Å². The summed E-state index contributed by atoms with van der Waals surface area (Å²) in [5, 5.41) is 0. The van der Waals surface area contributed by atoms with E-state index in [1.165, 1.54) is 12.1 Å². The zero-order valence-electron chi connectivity index (χ0n) is 9.25. The fraction of sp³-hybridized carbons (Fsp3) is 0. The Kier molecular flexibility index (Phi) is 2.37. The van der Waals surface area contributed by atoms with E-state index in [2.05, 4.69) is 9.97 Å². The van der Waals surface area contributed by atoms with Crippen molar-refractivity contribution in [2.24, 2.45) is 0 Å². The highest BCUT2D eigenvalue weighted by molar-refractivity contribution is 5.85. The van der Waals surface area contributed by atoms with Gasteiger partial charge in [0.15, 0.2) is 6.29 Å². The van der Waals surface area contributed by atoms with Gasteiger partial charge in [0.2, 0.25) is 5.78 Å². The molecule has 0 saturated heterocycles. The van der Waals surface area contributed by atoms with E-state index in [1.807, 2.05) is 0 Å². The molecule has 0 radical (unpaired) electrons. The Labute approximate surface area is 102 Å². The molecule has 3 rings (SSSR count). The molecule has 0 aliphatic heterocycles. The van der Waals surface area contributed by atoms with Gasteiger partial charge in [-0.05, 0) is 30.3 Å². The van der Waals surface area contributed by atoms with E-state index in [4.69, 9.17) is 0 Å². The Morgan fingerprint density at radius 3 is 2.72 bits per heavy atom. The molecule has 2 heterocycles. The number of benzene rings is 1. The second-order valence-electron chi connectivity index (χ2n) is 3.76. The van der Waals surface area contributed by atoms with Crippen LogP contribution < -0.4 is 0 Å². The summed E-state index contributed by atoms with van der Waals surface area (Å²) in [4.78, 5) is 19.5. The molecule has 0 aliphatic carbocycles. The SMILES string of the molecule is O=Cc1c(-c2ccc(F)cc2)nc2ncccn12. The molecular weight excluding hydrogens is 233 g/mol. The number of hydrogen-bond acceptors (Lipinski definition) is 3. The van der Waals surface area contributed by atoms with E-state index < -0.39 is 0 Å². The summed E-state index contributed by atoms with van der Waals surface area (Å²) in [6.45, 7) is 0. The predicted molar refractivity (Wildman–Crippen MR) is 63.8 cm³/mol. The molecule has 0 saturated carbocycles. The van der Waals surface area contributed by atoms with Gasteiger partial charge in [0.25, 0.3) is 0 Å². The zero-order chi connectivity index (χ0) is 12.5. The number of hydrogen-bond donors (Lipinski definition) is 0. The molecule has 5 heteroatoms. The number of halogens is 1. The number of carbonyl (C=O) groups is 1. The molecule has 0 N–H and O–H groups in total. The summed E-state index contributed by atoms with van der Waals surface area (Å²) in [5.74, 6) is 0.118. The van der Waals surface area contributed by atoms with E-state index in [1.54, 1.807) is 35.0 Å². The Bertz CT molecular complexity index is 719. The maximum Gasteiger partial charge on any atom is 0.234 e. The molecule has 88 valence electrons. The number of aldehydes is 1. The van der Waals surface area contributed by atoms with Crippen molar-refractivity contribution < 1.29 is 9.18 Å². The van der Waals surface area contributed by atoms with Crippen LogP contribution in [-0.4, -0.2) is 20.7 Å². The minimum Gasteiger partial charge on any atom is -0.296 e. The predicted octanol–water partition coefficient (Wildman–Crippen LogP) is 2.35. The first-order valence-electron chi connectivity index (χ1n) is 5.34. The topological polar surface area (TPSA) is 47.3 Å². The third-order valence-electron chi connectivity index (χ3n) is 2.67. The number of rotatable bonds is 2. The molecular formula is C13H8FN3O. The molecule has 18 heavy (non-hydrogen) atoms. The van der Waals surface area contributed by atoms with Crippen molar-refractivity contribution >= 4 is 12.1 Å². The Morgan fingerprint density at radius 2 is 2.00 bits per heavy atom. The van der Waals surface area contributed by atoms with Crippen LogP contribution in [0.3, 0.4) is 0 Å². The number of carbonyl (C=O) groups excluding carboxylic acids is 1. The molecule has 1 aromatic carbocycles. The number of nitrogens with zero attached hydrogens (tertiary/aromatic N) is 3. The Morgan fingerprint density at radius 1 is 1.22 bits per heavy atom. The molecule has 0 amide bonds. The lowest BCUT2D eigenvalue weighted by Crippen LogP contribution is -1.92. The van der Waals surface area contributed by atoms with Gasteiger partial charge in [-0.1, -0.05) is 0 Å². The van der Waals surface area contributed by atoms with Crippen molar-refractivity contribution in [3.05, 3.63) is 54.2 Å². The van der Waals surface area contributed by atoms with E-state index in [0.717, 1.165) is 6.29 Å². The van der Waals surface area contributed by atoms with E-state index in [0.29, 0.717) is 22.7 Å². The van der Waals surface area contributed by atoms with Gasteiger partial charge < -0.3 is 0 Å². The van der Waals surface area contributed by atoms with E-state index >= 15 is 0 Å². The van der Waals surface area contributed by atoms with Crippen molar-refractivity contribution in [3.8, 4) is 11.3 Å². The Balaban J connectivity index is 2.28. The van der Waals surface area contributed by atoms with Crippen molar-refractivity contribution in [1.29, 1.82) is 0 Å². The lowest BCUT2D eigenvalue weighted by atomic mass is 10.1. The van der Waals surface area contributed by atoms with Gasteiger partial charge in [-0.3, -0.25) is 9.20 Å². The first-order valence-corrected chi connectivity index (χ1v) is 5.34. The lowest BCUT2D eigenvalue weighted by molar-refractivity contribution is 0.111. The normalized spacial score (nSPS) is 10.7. The van der Waals surface area contributed by atoms with Crippen molar-refractivity contribution in [3.63, 3.8) is 0 Å². The van der Waals surface area contributed by atoms with Crippen molar-refractivity contribution in [1.82, 2.24) is 14.4 Å². The summed E-state index contributed by atoms with van der Waals surface area (Å²) in [6, 6.07) is 7.56. The number of aromatic nitrogens is 3. The fourth-order valence-corrected chi connectivity index (χ4v) is 1.84. The van der Waals surface area contributed by atoms with Crippen LogP contribution in [0.2, 0.25) is 0 Å². The fourth-order valence-electron chi connectivity index (χ4n) is 1.84. The summed E-state index contributed by atoms with van der Waals surface area (Å²) in [5.41, 5.74) is 1.59. The maximum absolute atomic E-state index is 12.9. The minimum atomic E-state index is -0.326. The largest absolute Gasteiger partial charge is 0.296 e. The second kappa shape index (κ2) is 4.03. The first kappa shape index (κ1) is 10.6. The molecule has 0 atom stereocenters. The highest BCUT2D eigenvalue weighted by Crippen LogP contribution is 2.22. The van der Waals surface area contributed by atoms with Gasteiger partial charge in [0, 0.05) is 18.0 Å². The Hall–Kier alpha value is -2.56. The molecule has 2 aromatic heterocycles. The van der Waals surface area contributed by atoms with Gasteiger partial charge in [-0.15, -0.1) is 0 Å². The van der Waals surface area contributed by atoms with Gasteiger partial charge in [0.05, 0.1) is 0 Å². The van der Waals surface area contributed by atoms with Crippen LogP contribution in [0.4, 0.5) is 4.39 Å². The highest BCUT2D eigenvalue weighted by Gasteiger charge is 2.13. The average molecular weight is 241 g/mol. The van der Waals surface area contributed by atoms with Gasteiger partial charge in [0.1, 0.15) is 17.2 Å². The third-order valence-corrected chi connectivity index (χ3v) is 2.67. The number of fused-ring (bicyclic) bond motifs is 1. The second-order valence-corrected chi connectivity index (χ2v) is 3.76. The smallest absolute Gasteiger partial charge is 0.234 e. The molecule has 0 bridgehead atoms. The van der Waals surface area contributed by atoms with Crippen molar-refractivity contribution in [2.45, 2.75) is 0 Å². The van der Waals surface area contributed by atoms with Crippen LogP contribution in [0.15, 0.2) is 42.7 Å². The van der Waals surface area contributed by atoms with Crippen LogP contribution in [-0.2, 0) is 0 Å². The molecule has 0 spiro atoms. The first-order chi connectivity index (χ1) is 8.79. The van der Waals surface area contributed by atoms with Crippen LogP contribution in [0.1, 0.15) is 10.5 Å². The van der Waals surface area contributed by atoms with Gasteiger partial charge in [-0.25, -0.2) is 14.4 Å². The van der Waals surface area contributed by atoms with Gasteiger partial charge >= 0.3 is 0 Å².